The third-order valence-corrected chi connectivity index (χ3v) is 7.08. The molecule has 7 heteroatoms. The molecule has 2 aromatic carbocycles. The van der Waals surface area contributed by atoms with E-state index in [4.69, 9.17) is 4.74 Å². The van der Waals surface area contributed by atoms with Gasteiger partial charge in [-0.25, -0.2) is 9.59 Å². The van der Waals surface area contributed by atoms with E-state index in [2.05, 4.69) is 29.6 Å². The topological polar surface area (TPSA) is 95.9 Å². The van der Waals surface area contributed by atoms with Gasteiger partial charge in [0.05, 0.1) is 0 Å². The van der Waals surface area contributed by atoms with Gasteiger partial charge >= 0.3 is 12.1 Å². The lowest BCUT2D eigenvalue weighted by atomic mass is 9.88. The van der Waals surface area contributed by atoms with Crippen molar-refractivity contribution in [3.05, 3.63) is 59.7 Å². The van der Waals surface area contributed by atoms with Crippen molar-refractivity contribution in [3.63, 3.8) is 0 Å². The van der Waals surface area contributed by atoms with E-state index >= 15 is 0 Å². The van der Waals surface area contributed by atoms with Crippen LogP contribution in [-0.4, -0.2) is 53.2 Å². The number of aliphatic carboxylic acids is 1. The molecule has 2 aliphatic rings. The van der Waals surface area contributed by atoms with Crippen LogP contribution in [0.5, 0.6) is 0 Å². The summed E-state index contributed by atoms with van der Waals surface area (Å²) < 4.78 is 5.56. The van der Waals surface area contributed by atoms with Crippen molar-refractivity contribution < 1.29 is 24.2 Å². The molecule has 0 saturated carbocycles. The SMILES string of the molecule is CCC1CCN(C(=O)CC(C)NC(=O)OCC2c3ccccc3-c3ccccc32)C(C(=O)O)C1. The van der Waals surface area contributed by atoms with Crippen LogP contribution in [0.4, 0.5) is 4.79 Å². The zero-order chi connectivity index (χ0) is 24.2. The largest absolute Gasteiger partial charge is 0.480 e. The molecule has 34 heavy (non-hydrogen) atoms. The molecule has 0 spiro atoms. The zero-order valence-electron chi connectivity index (χ0n) is 19.7. The molecule has 3 unspecified atom stereocenters. The minimum Gasteiger partial charge on any atom is -0.480 e. The number of piperidine rings is 1. The lowest BCUT2D eigenvalue weighted by Gasteiger charge is -2.37. The van der Waals surface area contributed by atoms with E-state index in [0.29, 0.717) is 18.9 Å². The van der Waals surface area contributed by atoms with Crippen molar-refractivity contribution in [2.45, 2.75) is 57.5 Å². The standard InChI is InChI=1S/C27H32N2O5/c1-3-18-12-13-29(24(15-18)26(31)32)25(30)14-17(2)28-27(33)34-16-23-21-10-6-4-8-19(21)20-9-5-7-11-22(20)23/h4-11,17-18,23-24H,3,12-16H2,1-2H3,(H,28,33)(H,31,32). The summed E-state index contributed by atoms with van der Waals surface area (Å²) in [6, 6.07) is 15.0. The normalized spacial score (nSPS) is 20.2. The number of fused-ring (bicyclic) bond motifs is 3. The summed E-state index contributed by atoms with van der Waals surface area (Å²) in [5.41, 5.74) is 4.58. The van der Waals surface area contributed by atoms with E-state index in [1.807, 2.05) is 31.2 Å². The molecule has 1 saturated heterocycles. The number of carbonyl (C=O) groups is 3. The number of rotatable bonds is 7. The molecule has 0 radical (unpaired) electrons. The maximum Gasteiger partial charge on any atom is 0.407 e. The minimum absolute atomic E-state index is 0.0325. The Bertz CT molecular complexity index is 1020. The summed E-state index contributed by atoms with van der Waals surface area (Å²) in [6.07, 6.45) is 1.64. The maximum atomic E-state index is 12.8. The lowest BCUT2D eigenvalue weighted by Crippen LogP contribution is -2.51. The second-order valence-electron chi connectivity index (χ2n) is 9.31. The number of amides is 2. The highest BCUT2D eigenvalue weighted by Gasteiger charge is 2.36. The molecule has 3 atom stereocenters. The van der Waals surface area contributed by atoms with Crippen molar-refractivity contribution >= 4 is 18.0 Å². The number of carboxylic acids is 1. The van der Waals surface area contributed by atoms with Gasteiger partial charge in [-0.05, 0) is 47.9 Å². The smallest absolute Gasteiger partial charge is 0.407 e. The summed E-state index contributed by atoms with van der Waals surface area (Å²) >= 11 is 0. The van der Waals surface area contributed by atoms with Crippen molar-refractivity contribution in [2.24, 2.45) is 5.92 Å². The summed E-state index contributed by atoms with van der Waals surface area (Å²) in [6.45, 7) is 4.41. The molecule has 4 rings (SSSR count). The number of nitrogens with zero attached hydrogens (tertiary/aromatic N) is 1. The molecule has 2 aromatic rings. The summed E-state index contributed by atoms with van der Waals surface area (Å²) in [7, 11) is 0. The van der Waals surface area contributed by atoms with Crippen LogP contribution < -0.4 is 5.32 Å². The Balaban J connectivity index is 1.32. The van der Waals surface area contributed by atoms with Gasteiger partial charge in [0.15, 0.2) is 0 Å². The molecule has 0 aromatic heterocycles. The number of hydrogen-bond acceptors (Lipinski definition) is 4. The van der Waals surface area contributed by atoms with E-state index in [-0.39, 0.29) is 24.9 Å². The molecular weight excluding hydrogens is 432 g/mol. The number of alkyl carbamates (subject to hydrolysis) is 1. The molecular formula is C27H32N2O5. The van der Waals surface area contributed by atoms with Crippen LogP contribution in [0, 0.1) is 5.92 Å². The van der Waals surface area contributed by atoms with Gasteiger partial charge in [0.25, 0.3) is 0 Å². The highest BCUT2D eigenvalue weighted by molar-refractivity contribution is 5.84. The fourth-order valence-corrected chi connectivity index (χ4v) is 5.21. The number of ether oxygens (including phenoxy) is 1. The monoisotopic (exact) mass is 464 g/mol. The van der Waals surface area contributed by atoms with Crippen LogP contribution in [0.15, 0.2) is 48.5 Å². The van der Waals surface area contributed by atoms with E-state index in [1.54, 1.807) is 6.92 Å². The fraction of sp³-hybridized carbons (Fsp3) is 0.444. The number of likely N-dealkylation sites (tertiary alicyclic amines) is 1. The number of benzene rings is 2. The molecule has 180 valence electrons. The van der Waals surface area contributed by atoms with Crippen molar-refractivity contribution in [1.29, 1.82) is 0 Å². The van der Waals surface area contributed by atoms with Crippen molar-refractivity contribution in [3.8, 4) is 11.1 Å². The van der Waals surface area contributed by atoms with E-state index < -0.39 is 24.1 Å². The average Bonchev–Trinajstić information content (AvgIpc) is 3.15. The maximum absolute atomic E-state index is 12.8. The third kappa shape index (κ3) is 4.93. The molecule has 2 amide bonds. The van der Waals surface area contributed by atoms with E-state index in [0.717, 1.165) is 35.1 Å². The Labute approximate surface area is 200 Å². The Kier molecular flexibility index (Phi) is 7.20. The first-order chi connectivity index (χ1) is 16.4. The Hall–Kier alpha value is -3.35. The zero-order valence-corrected chi connectivity index (χ0v) is 19.7. The molecule has 1 aliphatic carbocycles. The first-order valence-electron chi connectivity index (χ1n) is 12.0. The van der Waals surface area contributed by atoms with Crippen molar-refractivity contribution in [1.82, 2.24) is 10.2 Å². The van der Waals surface area contributed by atoms with Crippen LogP contribution in [0.25, 0.3) is 11.1 Å². The summed E-state index contributed by atoms with van der Waals surface area (Å²) in [4.78, 5) is 38.5. The second-order valence-corrected chi connectivity index (χ2v) is 9.31. The summed E-state index contributed by atoms with van der Waals surface area (Å²) in [5, 5.41) is 12.3. The van der Waals surface area contributed by atoms with Gasteiger partial charge in [0.2, 0.25) is 5.91 Å². The second kappa shape index (κ2) is 10.3. The quantitative estimate of drug-likeness (QED) is 0.633. The summed E-state index contributed by atoms with van der Waals surface area (Å²) in [5.74, 6) is -0.940. The van der Waals surface area contributed by atoms with Crippen LogP contribution in [0.2, 0.25) is 0 Å². The van der Waals surface area contributed by atoms with Crippen LogP contribution >= 0.6 is 0 Å². The molecule has 2 N–H and O–H groups in total. The van der Waals surface area contributed by atoms with Gasteiger partial charge in [-0.15, -0.1) is 0 Å². The highest BCUT2D eigenvalue weighted by Crippen LogP contribution is 2.44. The van der Waals surface area contributed by atoms with Gasteiger partial charge < -0.3 is 20.1 Å². The Morgan fingerprint density at radius 2 is 1.71 bits per heavy atom. The van der Waals surface area contributed by atoms with Gasteiger partial charge in [-0.3, -0.25) is 4.79 Å². The number of carboxylic acid groups (broad SMARTS) is 1. The fourth-order valence-electron chi connectivity index (χ4n) is 5.21. The molecule has 7 nitrogen and oxygen atoms in total. The number of hydrogen-bond donors (Lipinski definition) is 2. The minimum atomic E-state index is -0.969. The first-order valence-corrected chi connectivity index (χ1v) is 12.0. The Morgan fingerprint density at radius 3 is 2.29 bits per heavy atom. The molecule has 1 fully saturated rings. The predicted molar refractivity (Wildman–Crippen MR) is 128 cm³/mol. The number of nitrogens with one attached hydrogen (secondary N) is 1. The molecule has 0 bridgehead atoms. The highest BCUT2D eigenvalue weighted by atomic mass is 16.5. The van der Waals surface area contributed by atoms with Crippen LogP contribution in [0.1, 0.15) is 56.6 Å². The van der Waals surface area contributed by atoms with Crippen LogP contribution in [-0.2, 0) is 14.3 Å². The average molecular weight is 465 g/mol. The third-order valence-electron chi connectivity index (χ3n) is 7.08. The first kappa shape index (κ1) is 23.8. The van der Waals surface area contributed by atoms with Crippen molar-refractivity contribution in [2.75, 3.05) is 13.2 Å². The molecule has 1 heterocycles. The molecule has 1 aliphatic heterocycles. The van der Waals surface area contributed by atoms with Gasteiger partial charge in [-0.1, -0.05) is 61.9 Å². The lowest BCUT2D eigenvalue weighted by molar-refractivity contribution is -0.153. The van der Waals surface area contributed by atoms with Crippen LogP contribution in [0.3, 0.4) is 0 Å². The van der Waals surface area contributed by atoms with E-state index in [1.165, 1.54) is 4.90 Å². The number of carbonyl (C=O) groups excluding carboxylic acids is 2. The van der Waals surface area contributed by atoms with Gasteiger partial charge in [-0.2, -0.15) is 0 Å². The predicted octanol–water partition coefficient (Wildman–Crippen LogP) is 4.41. The van der Waals surface area contributed by atoms with Gasteiger partial charge in [0, 0.05) is 24.9 Å². The van der Waals surface area contributed by atoms with Gasteiger partial charge in [0.1, 0.15) is 12.6 Å². The van der Waals surface area contributed by atoms with E-state index in [9.17, 15) is 19.5 Å². The Morgan fingerprint density at radius 1 is 1.09 bits per heavy atom.